The van der Waals surface area contributed by atoms with Crippen LogP contribution in [0.15, 0.2) is 36.4 Å². The summed E-state index contributed by atoms with van der Waals surface area (Å²) in [6.45, 7) is 0.871. The average molecular weight is 409 g/mol. The molecule has 0 spiro atoms. The Morgan fingerprint density at radius 3 is 2.89 bits per heavy atom. The molecule has 1 aromatic heterocycles. The molecule has 1 saturated heterocycles. The molecule has 0 bridgehead atoms. The molecule has 27 heavy (non-hydrogen) atoms. The third kappa shape index (κ3) is 3.67. The average Bonchev–Trinajstić information content (AvgIpc) is 3.29. The number of para-hydroxylation sites is 1. The monoisotopic (exact) mass is 408 g/mol. The lowest BCUT2D eigenvalue weighted by atomic mass is 10.1. The summed E-state index contributed by atoms with van der Waals surface area (Å²) in [5.41, 5.74) is 0.378. The zero-order valence-corrected chi connectivity index (χ0v) is 15.7. The van der Waals surface area contributed by atoms with Crippen molar-refractivity contribution < 1.29 is 18.3 Å². The van der Waals surface area contributed by atoms with E-state index in [0.29, 0.717) is 28.3 Å². The summed E-state index contributed by atoms with van der Waals surface area (Å²) in [4.78, 5) is 19.0. The first-order valence-corrected chi connectivity index (χ1v) is 9.66. The summed E-state index contributed by atoms with van der Waals surface area (Å²) in [5.74, 6) is -2.23. The van der Waals surface area contributed by atoms with Crippen LogP contribution >= 0.6 is 22.9 Å². The molecule has 140 valence electrons. The van der Waals surface area contributed by atoms with E-state index in [0.717, 1.165) is 29.7 Å². The van der Waals surface area contributed by atoms with Gasteiger partial charge in [0.2, 0.25) is 0 Å². The lowest BCUT2D eigenvalue weighted by molar-refractivity contribution is 0.0914. The first-order chi connectivity index (χ1) is 13.0. The minimum Gasteiger partial charge on any atom is -0.376 e. The third-order valence-corrected chi connectivity index (χ3v) is 5.75. The lowest BCUT2D eigenvalue weighted by Gasteiger charge is -2.23. The summed E-state index contributed by atoms with van der Waals surface area (Å²) in [7, 11) is 0. The summed E-state index contributed by atoms with van der Waals surface area (Å²) in [6.07, 6.45) is 1.56. The number of halogens is 3. The van der Waals surface area contributed by atoms with Crippen LogP contribution in [-0.4, -0.2) is 30.1 Å². The Morgan fingerprint density at radius 2 is 2.19 bits per heavy atom. The van der Waals surface area contributed by atoms with Crippen LogP contribution in [0, 0.1) is 11.6 Å². The minimum atomic E-state index is -0.906. The molecule has 1 fully saturated rings. The normalized spacial score (nSPS) is 16.8. The smallest absolute Gasteiger partial charge is 0.263 e. The fourth-order valence-corrected chi connectivity index (χ4v) is 4.34. The van der Waals surface area contributed by atoms with Gasteiger partial charge in [0, 0.05) is 12.7 Å². The van der Waals surface area contributed by atoms with Gasteiger partial charge >= 0.3 is 0 Å². The van der Waals surface area contributed by atoms with Crippen LogP contribution in [0.1, 0.15) is 23.2 Å². The van der Waals surface area contributed by atoms with E-state index in [1.165, 1.54) is 16.2 Å². The Hall–Kier alpha value is -2.09. The predicted molar refractivity (Wildman–Crippen MR) is 102 cm³/mol. The van der Waals surface area contributed by atoms with E-state index in [4.69, 9.17) is 16.3 Å². The number of anilines is 1. The number of hydrogen-bond donors (Lipinski definition) is 0. The number of hydrogen-bond acceptors (Lipinski definition) is 4. The van der Waals surface area contributed by atoms with Crippen LogP contribution in [0.5, 0.6) is 0 Å². The second-order valence-corrected chi connectivity index (χ2v) is 7.67. The molecule has 1 aliphatic rings. The van der Waals surface area contributed by atoms with E-state index < -0.39 is 17.5 Å². The minimum absolute atomic E-state index is 0.153. The van der Waals surface area contributed by atoms with E-state index >= 15 is 0 Å². The van der Waals surface area contributed by atoms with Crippen molar-refractivity contribution in [3.63, 3.8) is 0 Å². The lowest BCUT2D eigenvalue weighted by Crippen LogP contribution is -2.38. The highest BCUT2D eigenvalue weighted by Gasteiger charge is 2.28. The molecule has 0 saturated carbocycles. The number of aromatic nitrogens is 1. The first-order valence-electron chi connectivity index (χ1n) is 8.46. The largest absolute Gasteiger partial charge is 0.376 e. The topological polar surface area (TPSA) is 42.4 Å². The fraction of sp³-hybridized carbons (Fsp3) is 0.263. The summed E-state index contributed by atoms with van der Waals surface area (Å²) in [6, 6.07) is 8.30. The molecule has 8 heteroatoms. The zero-order chi connectivity index (χ0) is 19.0. The van der Waals surface area contributed by atoms with Crippen LogP contribution in [0.25, 0.3) is 10.2 Å². The van der Waals surface area contributed by atoms with Crippen LogP contribution in [0.3, 0.4) is 0 Å². The second-order valence-electron chi connectivity index (χ2n) is 6.26. The molecular formula is C19H15ClF2N2O2S. The van der Waals surface area contributed by atoms with Crippen molar-refractivity contribution in [2.45, 2.75) is 18.9 Å². The van der Waals surface area contributed by atoms with Gasteiger partial charge in [0.1, 0.15) is 17.2 Å². The van der Waals surface area contributed by atoms with E-state index in [1.807, 2.05) is 6.07 Å². The maximum Gasteiger partial charge on any atom is 0.263 e. The molecule has 2 heterocycles. The van der Waals surface area contributed by atoms with Crippen LogP contribution < -0.4 is 4.90 Å². The van der Waals surface area contributed by atoms with Gasteiger partial charge in [-0.3, -0.25) is 9.69 Å². The number of amides is 1. The standard InChI is InChI=1S/C19H15ClF2N2O2S/c20-14-4-1-5-16-17(14)23-19(27-16)24(10-12-3-2-8-26-12)18(25)13-7-6-11(21)9-15(13)22/h1,4-7,9,12H,2-3,8,10H2. The molecule has 3 aromatic rings. The van der Waals surface area contributed by atoms with Gasteiger partial charge < -0.3 is 4.74 Å². The highest BCUT2D eigenvalue weighted by atomic mass is 35.5. The van der Waals surface area contributed by atoms with E-state index in [-0.39, 0.29) is 18.2 Å². The summed E-state index contributed by atoms with van der Waals surface area (Å²) >= 11 is 7.49. The number of carbonyl (C=O) groups excluding carboxylic acids is 1. The van der Waals surface area contributed by atoms with Gasteiger partial charge in [0.05, 0.1) is 27.9 Å². The Labute approximate surface area is 163 Å². The van der Waals surface area contributed by atoms with Crippen molar-refractivity contribution >= 4 is 44.2 Å². The molecule has 1 amide bonds. The molecule has 4 nitrogen and oxygen atoms in total. The summed E-state index contributed by atoms with van der Waals surface area (Å²) < 4.78 is 33.9. The first kappa shape index (κ1) is 18.3. The number of carbonyl (C=O) groups is 1. The van der Waals surface area contributed by atoms with E-state index in [2.05, 4.69) is 4.98 Å². The van der Waals surface area contributed by atoms with Crippen molar-refractivity contribution in [1.82, 2.24) is 4.98 Å². The molecule has 2 aromatic carbocycles. The van der Waals surface area contributed by atoms with Crippen molar-refractivity contribution in [3.8, 4) is 0 Å². The van der Waals surface area contributed by atoms with Crippen LogP contribution in [-0.2, 0) is 4.74 Å². The van der Waals surface area contributed by atoms with Gasteiger partial charge in [-0.25, -0.2) is 13.8 Å². The van der Waals surface area contributed by atoms with E-state index in [1.54, 1.807) is 12.1 Å². The number of fused-ring (bicyclic) bond motifs is 1. The van der Waals surface area contributed by atoms with Crippen molar-refractivity contribution in [2.75, 3.05) is 18.1 Å². The van der Waals surface area contributed by atoms with Crippen molar-refractivity contribution in [2.24, 2.45) is 0 Å². The quantitative estimate of drug-likeness (QED) is 0.606. The van der Waals surface area contributed by atoms with Crippen molar-refractivity contribution in [3.05, 3.63) is 58.6 Å². The van der Waals surface area contributed by atoms with Gasteiger partial charge in [-0.1, -0.05) is 29.0 Å². The van der Waals surface area contributed by atoms with Gasteiger partial charge in [-0.05, 0) is 37.1 Å². The number of nitrogens with zero attached hydrogens (tertiary/aromatic N) is 2. The molecule has 0 aliphatic carbocycles. The van der Waals surface area contributed by atoms with Crippen molar-refractivity contribution in [1.29, 1.82) is 0 Å². The Bertz CT molecular complexity index is 1000. The SMILES string of the molecule is O=C(c1ccc(F)cc1F)N(CC1CCCO1)c1nc2c(Cl)cccc2s1. The number of rotatable bonds is 4. The van der Waals surface area contributed by atoms with Gasteiger partial charge in [-0.15, -0.1) is 0 Å². The highest BCUT2D eigenvalue weighted by molar-refractivity contribution is 7.22. The number of thiazole rings is 1. The van der Waals surface area contributed by atoms with Gasteiger partial charge in [-0.2, -0.15) is 0 Å². The fourth-order valence-electron chi connectivity index (χ4n) is 3.07. The Kier molecular flexibility index (Phi) is 5.08. The zero-order valence-electron chi connectivity index (χ0n) is 14.1. The third-order valence-electron chi connectivity index (χ3n) is 4.41. The molecule has 0 N–H and O–H groups in total. The predicted octanol–water partition coefficient (Wildman–Crippen LogP) is 5.05. The molecule has 1 unspecified atom stereocenters. The van der Waals surface area contributed by atoms with Crippen LogP contribution in [0.2, 0.25) is 5.02 Å². The maximum absolute atomic E-state index is 14.2. The molecule has 1 atom stereocenters. The Balaban J connectivity index is 1.75. The highest BCUT2D eigenvalue weighted by Crippen LogP contribution is 2.34. The maximum atomic E-state index is 14.2. The van der Waals surface area contributed by atoms with E-state index in [9.17, 15) is 13.6 Å². The van der Waals surface area contributed by atoms with Gasteiger partial charge in [0.25, 0.3) is 5.91 Å². The van der Waals surface area contributed by atoms with Crippen LogP contribution in [0.4, 0.5) is 13.9 Å². The molecule has 4 rings (SSSR count). The molecule has 1 aliphatic heterocycles. The Morgan fingerprint density at radius 1 is 1.33 bits per heavy atom. The molecular weight excluding hydrogens is 394 g/mol. The number of benzene rings is 2. The van der Waals surface area contributed by atoms with Gasteiger partial charge in [0.15, 0.2) is 5.13 Å². The molecule has 0 radical (unpaired) electrons. The summed E-state index contributed by atoms with van der Waals surface area (Å²) in [5, 5.41) is 0.884. The second kappa shape index (κ2) is 7.50. The number of ether oxygens (including phenoxy) is 1.